The number of nitrogens with one attached hydrogen (secondary N) is 2. The van der Waals surface area contributed by atoms with E-state index in [1.165, 1.54) is 25.2 Å². The smallest absolute Gasteiger partial charge is 0.273 e. The van der Waals surface area contributed by atoms with Crippen molar-refractivity contribution in [1.29, 1.82) is 0 Å². The summed E-state index contributed by atoms with van der Waals surface area (Å²) in [4.78, 5) is 0. The number of hydrogen-bond acceptors (Lipinski definition) is 4. The lowest BCUT2D eigenvalue weighted by Crippen LogP contribution is -2.18. The highest BCUT2D eigenvalue weighted by Gasteiger charge is 2.16. The summed E-state index contributed by atoms with van der Waals surface area (Å²) in [5.74, 6) is 0.202. The largest absolute Gasteiger partial charge is 0.447 e. The molecule has 0 unspecified atom stereocenters. The van der Waals surface area contributed by atoms with Crippen LogP contribution in [-0.4, -0.2) is 15.5 Å². The van der Waals surface area contributed by atoms with Gasteiger partial charge in [0.15, 0.2) is 0 Å². The molecule has 0 bridgehead atoms. The molecule has 0 fully saturated rings. The van der Waals surface area contributed by atoms with Gasteiger partial charge in [0.05, 0.1) is 6.54 Å². The van der Waals surface area contributed by atoms with Gasteiger partial charge in [0.1, 0.15) is 11.6 Å². The van der Waals surface area contributed by atoms with Crippen LogP contribution in [0.4, 0.5) is 4.39 Å². The summed E-state index contributed by atoms with van der Waals surface area (Å²) in [6.45, 7) is 2.24. The topological polar surface area (TPSA) is 71.3 Å². The molecule has 0 amide bonds. The number of hydrogen-bond donors (Lipinski definition) is 2. The van der Waals surface area contributed by atoms with Crippen molar-refractivity contribution in [2.24, 2.45) is 0 Å². The first-order valence-electron chi connectivity index (χ1n) is 6.43. The van der Waals surface area contributed by atoms with Crippen LogP contribution >= 0.6 is 0 Å². The van der Waals surface area contributed by atoms with E-state index in [-0.39, 0.29) is 17.0 Å². The quantitative estimate of drug-likeness (QED) is 0.857. The molecule has 2 rings (SSSR count). The molecule has 5 nitrogen and oxygen atoms in total. The highest BCUT2D eigenvalue weighted by Crippen LogP contribution is 2.16. The Bertz CT molecular complexity index is 713. The Morgan fingerprint density at radius 3 is 2.71 bits per heavy atom. The van der Waals surface area contributed by atoms with Gasteiger partial charge in [-0.1, -0.05) is 12.1 Å². The maximum Gasteiger partial charge on any atom is 0.273 e. The second-order valence-electron chi connectivity index (χ2n) is 4.59. The van der Waals surface area contributed by atoms with Crippen molar-refractivity contribution in [1.82, 2.24) is 10.0 Å². The maximum atomic E-state index is 13.1. The average Bonchev–Trinajstić information content (AvgIpc) is 2.94. The highest BCUT2D eigenvalue weighted by molar-refractivity contribution is 7.89. The van der Waals surface area contributed by atoms with Gasteiger partial charge >= 0.3 is 0 Å². The summed E-state index contributed by atoms with van der Waals surface area (Å²) in [7, 11) is -2.25. The molecule has 2 aromatic rings. The minimum atomic E-state index is -3.57. The summed E-state index contributed by atoms with van der Waals surface area (Å²) < 4.78 is 43.7. The third-order valence-corrected chi connectivity index (χ3v) is 4.39. The number of benzene rings is 1. The zero-order valence-corrected chi connectivity index (χ0v) is 12.6. The Hall–Kier alpha value is -1.70. The fourth-order valence-electron chi connectivity index (χ4n) is 1.85. The van der Waals surface area contributed by atoms with Crippen molar-refractivity contribution in [3.05, 3.63) is 53.5 Å². The standard InChI is InChI=1S/C14H17FN2O3S/c1-10(11-4-3-5-12(15)8-11)17-9-13-6-7-14(20-13)21(18,19)16-2/h3-8,10,16-17H,9H2,1-2H3/t10-/m0/s1. The normalized spacial score (nSPS) is 13.3. The molecule has 1 atom stereocenters. The van der Waals surface area contributed by atoms with Crippen molar-refractivity contribution in [2.45, 2.75) is 24.6 Å². The lowest BCUT2D eigenvalue weighted by Gasteiger charge is -2.13. The summed E-state index contributed by atoms with van der Waals surface area (Å²) in [6, 6.07) is 9.21. The van der Waals surface area contributed by atoms with Crippen LogP contribution in [0.5, 0.6) is 0 Å². The van der Waals surface area contributed by atoms with Crippen LogP contribution < -0.4 is 10.0 Å². The Balaban J connectivity index is 2.00. The molecule has 0 aliphatic heterocycles. The molecule has 2 N–H and O–H groups in total. The average molecular weight is 312 g/mol. The summed E-state index contributed by atoms with van der Waals surface area (Å²) in [5, 5.41) is 3.02. The van der Waals surface area contributed by atoms with E-state index < -0.39 is 10.0 Å². The molecule has 114 valence electrons. The molecule has 0 aliphatic rings. The van der Waals surface area contributed by atoms with Gasteiger partial charge in [0.25, 0.3) is 10.0 Å². The monoisotopic (exact) mass is 312 g/mol. The first-order valence-corrected chi connectivity index (χ1v) is 7.92. The lowest BCUT2D eigenvalue weighted by molar-refractivity contribution is 0.392. The van der Waals surface area contributed by atoms with Crippen LogP contribution in [0.2, 0.25) is 0 Å². The summed E-state index contributed by atoms with van der Waals surface area (Å²) in [5.41, 5.74) is 0.810. The second-order valence-corrected chi connectivity index (χ2v) is 6.40. The molecule has 1 aromatic carbocycles. The third kappa shape index (κ3) is 3.90. The van der Waals surface area contributed by atoms with Crippen molar-refractivity contribution >= 4 is 10.0 Å². The Morgan fingerprint density at radius 2 is 2.05 bits per heavy atom. The predicted octanol–water partition coefficient (Wildman–Crippen LogP) is 2.18. The van der Waals surface area contributed by atoms with Crippen molar-refractivity contribution in [3.63, 3.8) is 0 Å². The third-order valence-electron chi connectivity index (χ3n) is 3.10. The molecule has 1 aromatic heterocycles. The SMILES string of the molecule is CNS(=O)(=O)c1ccc(CN[C@@H](C)c2cccc(F)c2)o1. The maximum absolute atomic E-state index is 13.1. The van der Waals surface area contributed by atoms with Gasteiger partial charge in [0.2, 0.25) is 5.09 Å². The number of sulfonamides is 1. The van der Waals surface area contributed by atoms with Crippen LogP contribution in [0.3, 0.4) is 0 Å². The zero-order chi connectivity index (χ0) is 15.5. The van der Waals surface area contributed by atoms with E-state index in [0.29, 0.717) is 12.3 Å². The van der Waals surface area contributed by atoms with E-state index in [4.69, 9.17) is 4.42 Å². The van der Waals surface area contributed by atoms with E-state index in [0.717, 1.165) is 5.56 Å². The van der Waals surface area contributed by atoms with Crippen molar-refractivity contribution in [3.8, 4) is 0 Å². The van der Waals surface area contributed by atoms with Gasteiger partial charge in [0, 0.05) is 6.04 Å². The van der Waals surface area contributed by atoms with Crippen LogP contribution in [0, 0.1) is 5.82 Å². The Morgan fingerprint density at radius 1 is 1.29 bits per heavy atom. The van der Waals surface area contributed by atoms with E-state index in [1.54, 1.807) is 12.1 Å². The van der Waals surface area contributed by atoms with E-state index >= 15 is 0 Å². The van der Waals surface area contributed by atoms with Gasteiger partial charge in [-0.15, -0.1) is 0 Å². The molecule has 1 heterocycles. The van der Waals surface area contributed by atoms with E-state index in [2.05, 4.69) is 10.0 Å². The van der Waals surface area contributed by atoms with Gasteiger partial charge in [-0.25, -0.2) is 17.5 Å². The molecule has 21 heavy (non-hydrogen) atoms. The predicted molar refractivity (Wildman–Crippen MR) is 76.6 cm³/mol. The second kappa shape index (κ2) is 6.38. The minimum Gasteiger partial charge on any atom is -0.447 e. The zero-order valence-electron chi connectivity index (χ0n) is 11.8. The van der Waals surface area contributed by atoms with Gasteiger partial charge in [-0.2, -0.15) is 0 Å². The molecule has 7 heteroatoms. The fourth-order valence-corrected chi connectivity index (χ4v) is 2.51. The summed E-state index contributed by atoms with van der Waals surface area (Å²) in [6.07, 6.45) is 0. The van der Waals surface area contributed by atoms with Crippen LogP contribution in [0.15, 0.2) is 45.9 Å². The van der Waals surface area contributed by atoms with Crippen LogP contribution in [0.25, 0.3) is 0 Å². The van der Waals surface area contributed by atoms with E-state index in [9.17, 15) is 12.8 Å². The van der Waals surface area contributed by atoms with Crippen LogP contribution in [0.1, 0.15) is 24.3 Å². The Kier molecular flexibility index (Phi) is 4.76. The molecular formula is C14H17FN2O3S. The molecule has 0 aliphatic carbocycles. The summed E-state index contributed by atoms with van der Waals surface area (Å²) >= 11 is 0. The van der Waals surface area contributed by atoms with Crippen LogP contribution in [-0.2, 0) is 16.6 Å². The van der Waals surface area contributed by atoms with Crippen molar-refractivity contribution in [2.75, 3.05) is 7.05 Å². The van der Waals surface area contributed by atoms with Gasteiger partial charge in [-0.3, -0.25) is 0 Å². The highest BCUT2D eigenvalue weighted by atomic mass is 32.2. The molecule has 0 saturated heterocycles. The molecular weight excluding hydrogens is 295 g/mol. The van der Waals surface area contributed by atoms with Crippen molar-refractivity contribution < 1.29 is 17.2 Å². The lowest BCUT2D eigenvalue weighted by atomic mass is 10.1. The Labute approximate surface area is 123 Å². The first kappa shape index (κ1) is 15.7. The molecule has 0 saturated carbocycles. The number of furan rings is 1. The fraction of sp³-hybridized carbons (Fsp3) is 0.286. The minimum absolute atomic E-state index is 0.0878. The first-order chi connectivity index (χ1) is 9.92. The van der Waals surface area contributed by atoms with E-state index in [1.807, 2.05) is 13.0 Å². The number of halogens is 1. The number of rotatable bonds is 6. The van der Waals surface area contributed by atoms with Gasteiger partial charge in [-0.05, 0) is 43.8 Å². The molecule has 0 spiro atoms. The molecule has 0 radical (unpaired) electrons. The van der Waals surface area contributed by atoms with Gasteiger partial charge < -0.3 is 9.73 Å².